The lowest BCUT2D eigenvalue weighted by Crippen LogP contribution is -2.01. The summed E-state index contributed by atoms with van der Waals surface area (Å²) in [6, 6.07) is 3.28. The maximum Gasteiger partial charge on any atom is 0.338 e. The molecule has 0 unspecified atom stereocenters. The summed E-state index contributed by atoms with van der Waals surface area (Å²) in [5, 5.41) is 9.31. The third-order valence-electron chi connectivity index (χ3n) is 1.42. The molecule has 64 valence electrons. The summed E-state index contributed by atoms with van der Waals surface area (Å²) in [7, 11) is 0. The molecule has 0 amide bonds. The highest BCUT2D eigenvalue weighted by Crippen LogP contribution is 2.17. The largest absolute Gasteiger partial charge is 0.478 e. The molecule has 0 saturated heterocycles. The van der Waals surface area contributed by atoms with Crippen molar-refractivity contribution in [3.63, 3.8) is 0 Å². The van der Waals surface area contributed by atoms with Crippen LogP contribution in [0.25, 0.3) is 0 Å². The smallest absolute Gasteiger partial charge is 0.338 e. The molecule has 1 N–H and O–H groups in total. The van der Waals surface area contributed by atoms with E-state index in [1.165, 1.54) is 11.8 Å². The zero-order valence-electron chi connectivity index (χ0n) is 6.87. The van der Waals surface area contributed by atoms with E-state index in [4.69, 9.17) is 5.11 Å². The second-order valence-electron chi connectivity index (χ2n) is 2.31. The third kappa shape index (κ3) is 1.76. The number of aryl methyl sites for hydroxylation is 1. The number of thioether (sulfide) groups is 1. The van der Waals surface area contributed by atoms with Crippen LogP contribution in [0.5, 0.6) is 0 Å². The maximum atomic E-state index is 10.6. The Hall–Kier alpha value is -1.03. The fraction of sp³-hybridized carbons (Fsp3) is 0.250. The molecule has 0 atom stereocenters. The van der Waals surface area contributed by atoms with Crippen molar-refractivity contribution < 1.29 is 9.90 Å². The lowest BCUT2D eigenvalue weighted by molar-refractivity contribution is 0.0692. The first-order valence-corrected chi connectivity index (χ1v) is 4.62. The molecular weight excluding hydrogens is 174 g/mol. The van der Waals surface area contributed by atoms with Crippen molar-refractivity contribution in [2.24, 2.45) is 0 Å². The van der Waals surface area contributed by atoms with Crippen LogP contribution in [-0.2, 0) is 0 Å². The van der Waals surface area contributed by atoms with Gasteiger partial charge < -0.3 is 5.11 Å². The zero-order valence-corrected chi connectivity index (χ0v) is 7.68. The minimum absolute atomic E-state index is 0.271. The van der Waals surface area contributed by atoms with Gasteiger partial charge in [-0.1, -0.05) is 0 Å². The van der Waals surface area contributed by atoms with E-state index in [0.717, 1.165) is 5.69 Å². The van der Waals surface area contributed by atoms with Gasteiger partial charge in [0.05, 0.1) is 5.56 Å². The van der Waals surface area contributed by atoms with Gasteiger partial charge in [0.2, 0.25) is 0 Å². The standard InChI is InChI=1S/C8H9NO2S/c1-5-3-4-6(8(10)11)7(9-5)12-2/h3-4H,1-2H3,(H,10,11). The molecule has 0 aliphatic rings. The molecular formula is C8H9NO2S. The van der Waals surface area contributed by atoms with Crippen molar-refractivity contribution in [3.8, 4) is 0 Å². The number of nitrogens with zero attached hydrogens (tertiary/aromatic N) is 1. The Morgan fingerprint density at radius 3 is 2.75 bits per heavy atom. The number of carboxylic acid groups (broad SMARTS) is 1. The van der Waals surface area contributed by atoms with Gasteiger partial charge in [0, 0.05) is 5.69 Å². The van der Waals surface area contributed by atoms with Gasteiger partial charge in [-0.3, -0.25) is 0 Å². The van der Waals surface area contributed by atoms with Crippen molar-refractivity contribution in [1.29, 1.82) is 0 Å². The Labute approximate surface area is 74.8 Å². The van der Waals surface area contributed by atoms with Crippen LogP contribution >= 0.6 is 11.8 Å². The van der Waals surface area contributed by atoms with E-state index < -0.39 is 5.97 Å². The lowest BCUT2D eigenvalue weighted by atomic mass is 10.2. The van der Waals surface area contributed by atoms with E-state index in [-0.39, 0.29) is 5.56 Å². The number of hydrogen-bond donors (Lipinski definition) is 1. The van der Waals surface area contributed by atoms with Gasteiger partial charge in [0.1, 0.15) is 5.03 Å². The number of carbonyl (C=O) groups is 1. The molecule has 0 aliphatic carbocycles. The van der Waals surface area contributed by atoms with Crippen molar-refractivity contribution in [1.82, 2.24) is 4.98 Å². The second kappa shape index (κ2) is 3.58. The molecule has 0 spiro atoms. The minimum atomic E-state index is -0.924. The Bertz CT molecular complexity index is 312. The van der Waals surface area contributed by atoms with Gasteiger partial charge in [-0.15, -0.1) is 11.8 Å². The summed E-state index contributed by atoms with van der Waals surface area (Å²) in [6.07, 6.45) is 1.81. The maximum absolute atomic E-state index is 10.6. The summed E-state index contributed by atoms with van der Waals surface area (Å²) < 4.78 is 0. The van der Waals surface area contributed by atoms with Gasteiger partial charge in [-0.05, 0) is 25.3 Å². The van der Waals surface area contributed by atoms with Crippen LogP contribution in [0.3, 0.4) is 0 Å². The third-order valence-corrected chi connectivity index (χ3v) is 2.12. The quantitative estimate of drug-likeness (QED) is 0.710. The van der Waals surface area contributed by atoms with E-state index in [1.54, 1.807) is 12.1 Å². The van der Waals surface area contributed by atoms with E-state index in [0.29, 0.717) is 5.03 Å². The predicted octanol–water partition coefficient (Wildman–Crippen LogP) is 1.81. The molecule has 0 aliphatic heterocycles. The van der Waals surface area contributed by atoms with Crippen molar-refractivity contribution >= 4 is 17.7 Å². The number of hydrogen-bond acceptors (Lipinski definition) is 3. The monoisotopic (exact) mass is 183 g/mol. The van der Waals surface area contributed by atoms with Crippen LogP contribution in [-0.4, -0.2) is 22.3 Å². The highest BCUT2D eigenvalue weighted by atomic mass is 32.2. The first-order valence-electron chi connectivity index (χ1n) is 3.40. The molecule has 4 heteroatoms. The Morgan fingerprint density at radius 1 is 1.58 bits per heavy atom. The number of rotatable bonds is 2. The van der Waals surface area contributed by atoms with Gasteiger partial charge in [-0.25, -0.2) is 9.78 Å². The molecule has 0 saturated carbocycles. The molecule has 3 nitrogen and oxygen atoms in total. The van der Waals surface area contributed by atoms with Gasteiger partial charge >= 0.3 is 5.97 Å². The SMILES string of the molecule is CSc1nc(C)ccc1C(=O)O. The molecule has 1 aromatic heterocycles. The summed E-state index contributed by atoms with van der Waals surface area (Å²) >= 11 is 1.35. The highest BCUT2D eigenvalue weighted by molar-refractivity contribution is 7.98. The molecule has 0 aromatic carbocycles. The zero-order chi connectivity index (χ0) is 9.14. The van der Waals surface area contributed by atoms with Crippen LogP contribution < -0.4 is 0 Å². The first kappa shape index (κ1) is 9.06. The Kier molecular flexibility index (Phi) is 2.70. The van der Waals surface area contributed by atoms with E-state index >= 15 is 0 Å². The topological polar surface area (TPSA) is 50.2 Å². The second-order valence-corrected chi connectivity index (χ2v) is 3.11. The molecule has 1 heterocycles. The van der Waals surface area contributed by atoms with Crippen molar-refractivity contribution in [2.45, 2.75) is 11.9 Å². The Morgan fingerprint density at radius 2 is 2.25 bits per heavy atom. The van der Waals surface area contributed by atoms with Gasteiger partial charge in [-0.2, -0.15) is 0 Å². The molecule has 0 radical (unpaired) electrons. The minimum Gasteiger partial charge on any atom is -0.478 e. The summed E-state index contributed by atoms with van der Waals surface area (Å²) in [6.45, 7) is 1.84. The summed E-state index contributed by atoms with van der Waals surface area (Å²) in [5.74, 6) is -0.924. The average Bonchev–Trinajstić information content (AvgIpc) is 2.03. The van der Waals surface area contributed by atoms with Gasteiger partial charge in [0.25, 0.3) is 0 Å². The number of pyridine rings is 1. The molecule has 1 rings (SSSR count). The normalized spacial score (nSPS) is 9.83. The van der Waals surface area contributed by atoms with Gasteiger partial charge in [0.15, 0.2) is 0 Å². The van der Waals surface area contributed by atoms with Crippen molar-refractivity contribution in [3.05, 3.63) is 23.4 Å². The average molecular weight is 183 g/mol. The fourth-order valence-corrected chi connectivity index (χ4v) is 1.46. The summed E-state index contributed by atoms with van der Waals surface area (Å²) in [5.41, 5.74) is 1.11. The van der Waals surface area contributed by atoms with E-state index in [2.05, 4.69) is 4.98 Å². The fourth-order valence-electron chi connectivity index (χ4n) is 0.851. The van der Waals surface area contributed by atoms with Crippen LogP contribution in [0, 0.1) is 6.92 Å². The van der Waals surface area contributed by atoms with E-state index in [9.17, 15) is 4.79 Å². The van der Waals surface area contributed by atoms with Crippen LogP contribution in [0.1, 0.15) is 16.1 Å². The predicted molar refractivity (Wildman–Crippen MR) is 47.7 cm³/mol. The van der Waals surface area contributed by atoms with Crippen LogP contribution in [0.15, 0.2) is 17.2 Å². The Balaban J connectivity index is 3.20. The lowest BCUT2D eigenvalue weighted by Gasteiger charge is -2.01. The van der Waals surface area contributed by atoms with Crippen molar-refractivity contribution in [2.75, 3.05) is 6.26 Å². The molecule has 1 aromatic rings. The number of aromatic nitrogens is 1. The first-order chi connectivity index (χ1) is 5.65. The number of aromatic carboxylic acids is 1. The highest BCUT2D eigenvalue weighted by Gasteiger charge is 2.09. The summed E-state index contributed by atoms with van der Waals surface area (Å²) in [4.78, 5) is 14.7. The van der Waals surface area contributed by atoms with Crippen LogP contribution in [0.2, 0.25) is 0 Å². The van der Waals surface area contributed by atoms with Crippen LogP contribution in [0.4, 0.5) is 0 Å². The van der Waals surface area contributed by atoms with E-state index in [1.807, 2.05) is 13.2 Å². The molecule has 12 heavy (non-hydrogen) atoms. The number of carboxylic acids is 1. The molecule has 0 bridgehead atoms. The molecule has 0 fully saturated rings.